The van der Waals surface area contributed by atoms with Crippen molar-refractivity contribution in [3.05, 3.63) is 24.3 Å². The molecule has 1 aliphatic rings. The van der Waals surface area contributed by atoms with Crippen molar-refractivity contribution >= 4 is 15.7 Å². The van der Waals surface area contributed by atoms with Gasteiger partial charge in [-0.3, -0.25) is 4.79 Å². The molecule has 122 valence electrons. The predicted octanol–water partition coefficient (Wildman–Crippen LogP) is 1.16. The first-order chi connectivity index (χ1) is 10.2. The highest BCUT2D eigenvalue weighted by Gasteiger charge is 2.40. The van der Waals surface area contributed by atoms with Crippen molar-refractivity contribution in [2.24, 2.45) is 0 Å². The van der Waals surface area contributed by atoms with Crippen LogP contribution in [0.4, 0.5) is 0 Å². The monoisotopic (exact) mass is 327 g/mol. The highest BCUT2D eigenvalue weighted by molar-refractivity contribution is 7.91. The summed E-state index contributed by atoms with van der Waals surface area (Å²) in [5.41, 5.74) is -0.715. The minimum absolute atomic E-state index is 0.0268. The molecule has 0 aromatic heterocycles. The normalized spacial score (nSPS) is 24.5. The van der Waals surface area contributed by atoms with E-state index in [1.54, 1.807) is 45.2 Å². The van der Waals surface area contributed by atoms with Crippen molar-refractivity contribution in [2.75, 3.05) is 18.6 Å². The molecule has 0 bridgehead atoms. The van der Waals surface area contributed by atoms with Crippen LogP contribution in [0, 0.1) is 0 Å². The van der Waals surface area contributed by atoms with E-state index < -0.39 is 21.5 Å². The van der Waals surface area contributed by atoms with E-state index in [-0.39, 0.29) is 17.4 Å². The van der Waals surface area contributed by atoms with E-state index in [0.29, 0.717) is 17.9 Å². The number of hydrogen-bond acceptors (Lipinski definition) is 5. The number of sulfone groups is 1. The van der Waals surface area contributed by atoms with E-state index in [1.165, 1.54) is 0 Å². The van der Waals surface area contributed by atoms with Crippen LogP contribution in [0.5, 0.6) is 11.5 Å². The molecule has 0 saturated carbocycles. The van der Waals surface area contributed by atoms with Crippen LogP contribution in [-0.4, -0.2) is 44.6 Å². The van der Waals surface area contributed by atoms with Gasteiger partial charge in [0.05, 0.1) is 24.2 Å². The van der Waals surface area contributed by atoms with Crippen LogP contribution in [-0.2, 0) is 14.6 Å². The summed E-state index contributed by atoms with van der Waals surface area (Å²) >= 11 is 0. The molecule has 1 amide bonds. The molecule has 0 aliphatic carbocycles. The van der Waals surface area contributed by atoms with Gasteiger partial charge in [-0.1, -0.05) is 0 Å². The second-order valence-corrected chi connectivity index (χ2v) is 8.01. The Balaban J connectivity index is 1.94. The Bertz CT molecular complexity index is 640. The smallest absolute Gasteiger partial charge is 0.261 e. The Morgan fingerprint density at radius 3 is 2.36 bits per heavy atom. The number of rotatable bonds is 5. The van der Waals surface area contributed by atoms with Gasteiger partial charge in [0.15, 0.2) is 15.9 Å². The molecule has 1 heterocycles. The number of benzene rings is 1. The van der Waals surface area contributed by atoms with Gasteiger partial charge in [-0.25, -0.2) is 8.42 Å². The van der Waals surface area contributed by atoms with Gasteiger partial charge in [0.1, 0.15) is 11.5 Å². The molecule has 1 N–H and O–H groups in total. The first kappa shape index (κ1) is 16.6. The van der Waals surface area contributed by atoms with E-state index in [1.807, 2.05) is 0 Å². The van der Waals surface area contributed by atoms with Crippen LogP contribution in [0.2, 0.25) is 0 Å². The lowest BCUT2D eigenvalue weighted by Crippen LogP contribution is -2.51. The molecule has 22 heavy (non-hydrogen) atoms. The fourth-order valence-corrected chi connectivity index (χ4v) is 4.51. The quantitative estimate of drug-likeness (QED) is 0.877. The lowest BCUT2D eigenvalue weighted by molar-refractivity contribution is -0.128. The first-order valence-electron chi connectivity index (χ1n) is 7.06. The highest BCUT2D eigenvalue weighted by atomic mass is 32.2. The van der Waals surface area contributed by atoms with Crippen LogP contribution < -0.4 is 14.8 Å². The first-order valence-corrected chi connectivity index (χ1v) is 8.88. The molecule has 0 radical (unpaired) electrons. The van der Waals surface area contributed by atoms with Gasteiger partial charge >= 0.3 is 0 Å². The standard InChI is InChI=1S/C15H21NO5S/c1-11(21-13-6-4-12(20-3)5-7-13)14(17)16-15(2)8-9-22(18,19)10-15/h4-7,11H,8-10H2,1-3H3,(H,16,17). The van der Waals surface area contributed by atoms with E-state index >= 15 is 0 Å². The average Bonchev–Trinajstić information content (AvgIpc) is 2.73. The maximum absolute atomic E-state index is 12.2. The zero-order valence-electron chi connectivity index (χ0n) is 13.0. The van der Waals surface area contributed by atoms with Gasteiger partial charge in [-0.05, 0) is 44.5 Å². The number of hydrogen-bond donors (Lipinski definition) is 1. The molecule has 1 aliphatic heterocycles. The Kier molecular flexibility index (Phi) is 4.65. The van der Waals surface area contributed by atoms with E-state index in [0.717, 1.165) is 0 Å². The zero-order valence-corrected chi connectivity index (χ0v) is 13.8. The summed E-state index contributed by atoms with van der Waals surface area (Å²) in [5.74, 6) is 1.01. The molecule has 2 unspecified atom stereocenters. The molecule has 2 rings (SSSR count). The minimum atomic E-state index is -3.06. The van der Waals surface area contributed by atoms with Crippen molar-refractivity contribution in [1.29, 1.82) is 0 Å². The largest absolute Gasteiger partial charge is 0.497 e. The van der Waals surface area contributed by atoms with E-state index in [2.05, 4.69) is 5.32 Å². The summed E-state index contributed by atoms with van der Waals surface area (Å²) in [5, 5.41) is 2.79. The maximum Gasteiger partial charge on any atom is 0.261 e. The van der Waals surface area contributed by atoms with E-state index in [4.69, 9.17) is 9.47 Å². The van der Waals surface area contributed by atoms with Gasteiger partial charge in [-0.15, -0.1) is 0 Å². The maximum atomic E-state index is 12.2. The molecule has 7 heteroatoms. The zero-order chi connectivity index (χ0) is 16.4. The summed E-state index contributed by atoms with van der Waals surface area (Å²) in [6, 6.07) is 6.91. The molecule has 1 aromatic rings. The van der Waals surface area contributed by atoms with Crippen molar-refractivity contribution < 1.29 is 22.7 Å². The van der Waals surface area contributed by atoms with E-state index in [9.17, 15) is 13.2 Å². The minimum Gasteiger partial charge on any atom is -0.497 e. The third kappa shape index (κ3) is 4.13. The van der Waals surface area contributed by atoms with Gasteiger partial charge in [0, 0.05) is 0 Å². The lowest BCUT2D eigenvalue weighted by Gasteiger charge is -2.26. The average molecular weight is 327 g/mol. The lowest BCUT2D eigenvalue weighted by atomic mass is 10.0. The number of ether oxygens (including phenoxy) is 2. The van der Waals surface area contributed by atoms with Gasteiger partial charge in [0.25, 0.3) is 5.91 Å². The van der Waals surface area contributed by atoms with Crippen LogP contribution in [0.25, 0.3) is 0 Å². The number of nitrogens with one attached hydrogen (secondary N) is 1. The number of carbonyl (C=O) groups is 1. The molecule has 6 nitrogen and oxygen atoms in total. The number of methoxy groups -OCH3 is 1. The van der Waals surface area contributed by atoms with Crippen molar-refractivity contribution in [3.8, 4) is 11.5 Å². The topological polar surface area (TPSA) is 81.7 Å². The second-order valence-electron chi connectivity index (χ2n) is 5.83. The van der Waals surface area contributed by atoms with Crippen LogP contribution in [0.3, 0.4) is 0 Å². The Morgan fingerprint density at radius 1 is 1.27 bits per heavy atom. The summed E-state index contributed by atoms with van der Waals surface area (Å²) in [6.07, 6.45) is -0.287. The van der Waals surface area contributed by atoms with Gasteiger partial charge in [-0.2, -0.15) is 0 Å². The summed E-state index contributed by atoms with van der Waals surface area (Å²) < 4.78 is 33.7. The molecule has 2 atom stereocenters. The van der Waals surface area contributed by atoms with Crippen molar-refractivity contribution in [1.82, 2.24) is 5.32 Å². The third-order valence-electron chi connectivity index (χ3n) is 3.67. The summed E-state index contributed by atoms with van der Waals surface area (Å²) in [4.78, 5) is 12.2. The Morgan fingerprint density at radius 2 is 1.86 bits per heavy atom. The fraction of sp³-hybridized carbons (Fsp3) is 0.533. The predicted molar refractivity (Wildman–Crippen MR) is 82.9 cm³/mol. The van der Waals surface area contributed by atoms with Crippen LogP contribution in [0.1, 0.15) is 20.3 Å². The van der Waals surface area contributed by atoms with Crippen LogP contribution >= 0.6 is 0 Å². The molecule has 0 spiro atoms. The van der Waals surface area contributed by atoms with Crippen LogP contribution in [0.15, 0.2) is 24.3 Å². The SMILES string of the molecule is COc1ccc(OC(C)C(=O)NC2(C)CCS(=O)(=O)C2)cc1. The molecular weight excluding hydrogens is 306 g/mol. The number of amides is 1. The third-order valence-corrected chi connectivity index (χ3v) is 5.57. The molecular formula is C15H21NO5S. The van der Waals surface area contributed by atoms with Gasteiger partial charge < -0.3 is 14.8 Å². The molecule has 1 saturated heterocycles. The van der Waals surface area contributed by atoms with Gasteiger partial charge in [0.2, 0.25) is 0 Å². The fourth-order valence-electron chi connectivity index (χ4n) is 2.42. The highest BCUT2D eigenvalue weighted by Crippen LogP contribution is 2.23. The second kappa shape index (κ2) is 6.16. The molecule has 1 aromatic carbocycles. The van der Waals surface area contributed by atoms with Crippen molar-refractivity contribution in [3.63, 3.8) is 0 Å². The number of carbonyl (C=O) groups excluding carboxylic acids is 1. The summed E-state index contributed by atoms with van der Waals surface area (Å²) in [7, 11) is -1.49. The summed E-state index contributed by atoms with van der Waals surface area (Å²) in [6.45, 7) is 3.38. The Hall–Kier alpha value is -1.76. The molecule has 1 fully saturated rings. The Labute approximate surface area is 130 Å². The van der Waals surface area contributed by atoms with Crippen molar-refractivity contribution in [2.45, 2.75) is 31.9 Å².